The highest BCUT2D eigenvalue weighted by atomic mass is 14.4. The molecule has 0 radical (unpaired) electrons. The number of hydrogen-bond acceptors (Lipinski definition) is 1. The number of nitriles is 1. The summed E-state index contributed by atoms with van der Waals surface area (Å²) in [6, 6.07) is 13.0. The van der Waals surface area contributed by atoms with E-state index in [4.69, 9.17) is 5.26 Å². The van der Waals surface area contributed by atoms with Crippen LogP contribution in [0.5, 0.6) is 0 Å². The molecule has 0 spiro atoms. The van der Waals surface area contributed by atoms with Crippen molar-refractivity contribution in [3.63, 3.8) is 0 Å². The van der Waals surface area contributed by atoms with E-state index in [1.807, 2.05) is 0 Å². The zero-order valence-electron chi connectivity index (χ0n) is 9.08. The molecule has 78 valence electrons. The summed E-state index contributed by atoms with van der Waals surface area (Å²) in [6.45, 7) is 0. The highest BCUT2D eigenvalue weighted by molar-refractivity contribution is 5.17. The first kappa shape index (κ1) is 10.2. The first-order chi connectivity index (χ1) is 7.35. The third kappa shape index (κ3) is 2.39. The van der Waals surface area contributed by atoms with Crippen LogP contribution in [0.1, 0.15) is 37.7 Å². The fraction of sp³-hybridized carbons (Fsp3) is 0.500. The SMILES string of the molecule is N#CCC1(Cc2ccccc2)CCCC1. The van der Waals surface area contributed by atoms with E-state index in [1.54, 1.807) is 0 Å². The van der Waals surface area contributed by atoms with E-state index >= 15 is 0 Å². The topological polar surface area (TPSA) is 23.8 Å². The molecule has 0 N–H and O–H groups in total. The Balaban J connectivity index is 2.11. The summed E-state index contributed by atoms with van der Waals surface area (Å²) in [4.78, 5) is 0. The molecule has 1 aromatic carbocycles. The molecule has 0 saturated heterocycles. The lowest BCUT2D eigenvalue weighted by atomic mass is 9.78. The van der Waals surface area contributed by atoms with Crippen LogP contribution in [0.4, 0.5) is 0 Å². The van der Waals surface area contributed by atoms with E-state index < -0.39 is 0 Å². The Morgan fingerprint density at radius 2 is 1.80 bits per heavy atom. The van der Waals surface area contributed by atoms with Crippen molar-refractivity contribution >= 4 is 0 Å². The van der Waals surface area contributed by atoms with Crippen LogP contribution < -0.4 is 0 Å². The Morgan fingerprint density at radius 3 is 2.40 bits per heavy atom. The second kappa shape index (κ2) is 4.49. The van der Waals surface area contributed by atoms with Crippen LogP contribution in [0.15, 0.2) is 30.3 Å². The standard InChI is InChI=1S/C14H17N/c15-11-10-14(8-4-5-9-14)12-13-6-2-1-3-7-13/h1-3,6-7H,4-5,8-10,12H2. The van der Waals surface area contributed by atoms with Crippen molar-refractivity contribution in [2.24, 2.45) is 5.41 Å². The summed E-state index contributed by atoms with van der Waals surface area (Å²) < 4.78 is 0. The fourth-order valence-electron chi connectivity index (χ4n) is 2.74. The van der Waals surface area contributed by atoms with Gasteiger partial charge in [-0.2, -0.15) is 5.26 Å². The van der Waals surface area contributed by atoms with Gasteiger partial charge in [0.2, 0.25) is 0 Å². The van der Waals surface area contributed by atoms with Crippen molar-refractivity contribution in [2.45, 2.75) is 38.5 Å². The maximum atomic E-state index is 8.92. The third-order valence-corrected chi connectivity index (χ3v) is 3.54. The van der Waals surface area contributed by atoms with E-state index in [9.17, 15) is 0 Å². The van der Waals surface area contributed by atoms with Crippen LogP contribution in [-0.4, -0.2) is 0 Å². The van der Waals surface area contributed by atoms with Gasteiger partial charge in [-0.15, -0.1) is 0 Å². The number of benzene rings is 1. The van der Waals surface area contributed by atoms with E-state index in [0.29, 0.717) is 0 Å². The first-order valence-electron chi connectivity index (χ1n) is 5.76. The molecule has 1 aliphatic carbocycles. The predicted octanol–water partition coefficient (Wildman–Crippen LogP) is 3.70. The highest BCUT2D eigenvalue weighted by Crippen LogP contribution is 2.43. The molecule has 1 heteroatoms. The normalized spacial score (nSPS) is 18.6. The van der Waals surface area contributed by atoms with Gasteiger partial charge in [0, 0.05) is 6.42 Å². The molecule has 1 aromatic rings. The average Bonchev–Trinajstić information content (AvgIpc) is 2.69. The van der Waals surface area contributed by atoms with Gasteiger partial charge in [0.1, 0.15) is 0 Å². The first-order valence-corrected chi connectivity index (χ1v) is 5.76. The molecule has 1 saturated carbocycles. The lowest BCUT2D eigenvalue weighted by Crippen LogP contribution is -2.18. The van der Waals surface area contributed by atoms with Gasteiger partial charge in [0.25, 0.3) is 0 Å². The molecule has 1 aliphatic rings. The Labute approximate surface area is 91.7 Å². The summed E-state index contributed by atoms with van der Waals surface area (Å²) in [5, 5.41) is 8.92. The Hall–Kier alpha value is -1.29. The lowest BCUT2D eigenvalue weighted by Gasteiger charge is -2.26. The van der Waals surface area contributed by atoms with Crippen molar-refractivity contribution in [1.29, 1.82) is 5.26 Å². The number of nitrogens with zero attached hydrogens (tertiary/aromatic N) is 1. The second-order valence-electron chi connectivity index (χ2n) is 4.70. The Morgan fingerprint density at radius 1 is 1.13 bits per heavy atom. The van der Waals surface area contributed by atoms with Crippen LogP contribution in [0.25, 0.3) is 0 Å². The van der Waals surface area contributed by atoms with E-state index in [0.717, 1.165) is 12.8 Å². The minimum Gasteiger partial charge on any atom is -0.198 e. The molecule has 1 fully saturated rings. The van der Waals surface area contributed by atoms with Crippen molar-refractivity contribution in [3.05, 3.63) is 35.9 Å². The van der Waals surface area contributed by atoms with E-state index in [1.165, 1.54) is 31.2 Å². The van der Waals surface area contributed by atoms with Gasteiger partial charge in [-0.3, -0.25) is 0 Å². The Bertz CT molecular complexity index is 341. The van der Waals surface area contributed by atoms with Gasteiger partial charge in [-0.05, 0) is 30.2 Å². The van der Waals surface area contributed by atoms with E-state index in [-0.39, 0.29) is 5.41 Å². The molecule has 1 nitrogen and oxygen atoms in total. The molecule has 2 rings (SSSR count). The van der Waals surface area contributed by atoms with Gasteiger partial charge in [0.15, 0.2) is 0 Å². The van der Waals surface area contributed by atoms with Crippen LogP contribution in [0.3, 0.4) is 0 Å². The molecule has 0 amide bonds. The van der Waals surface area contributed by atoms with Gasteiger partial charge in [-0.1, -0.05) is 43.2 Å². The number of hydrogen-bond donors (Lipinski definition) is 0. The third-order valence-electron chi connectivity index (χ3n) is 3.54. The maximum absolute atomic E-state index is 8.92. The van der Waals surface area contributed by atoms with Crippen LogP contribution in [-0.2, 0) is 6.42 Å². The maximum Gasteiger partial charge on any atom is 0.0627 e. The van der Waals surface area contributed by atoms with Crippen LogP contribution in [0.2, 0.25) is 0 Å². The smallest absolute Gasteiger partial charge is 0.0627 e. The molecule has 0 unspecified atom stereocenters. The van der Waals surface area contributed by atoms with Crippen molar-refractivity contribution < 1.29 is 0 Å². The molecular formula is C14H17N. The predicted molar refractivity (Wildman–Crippen MR) is 61.3 cm³/mol. The van der Waals surface area contributed by atoms with Gasteiger partial charge >= 0.3 is 0 Å². The number of rotatable bonds is 3. The summed E-state index contributed by atoms with van der Waals surface area (Å²) >= 11 is 0. The molecule has 0 atom stereocenters. The minimum atomic E-state index is 0.288. The van der Waals surface area contributed by atoms with Gasteiger partial charge in [-0.25, -0.2) is 0 Å². The van der Waals surface area contributed by atoms with Crippen molar-refractivity contribution in [2.75, 3.05) is 0 Å². The van der Waals surface area contributed by atoms with Crippen molar-refractivity contribution in [3.8, 4) is 6.07 Å². The molecule has 15 heavy (non-hydrogen) atoms. The Kier molecular flexibility index (Phi) is 3.06. The molecule has 0 heterocycles. The summed E-state index contributed by atoms with van der Waals surface area (Å²) in [7, 11) is 0. The quantitative estimate of drug-likeness (QED) is 0.728. The molecule has 0 bridgehead atoms. The zero-order valence-corrected chi connectivity index (χ0v) is 9.08. The summed E-state index contributed by atoms with van der Waals surface area (Å²) in [5.41, 5.74) is 1.67. The molecular weight excluding hydrogens is 182 g/mol. The zero-order chi connectivity index (χ0) is 10.6. The largest absolute Gasteiger partial charge is 0.198 e. The average molecular weight is 199 g/mol. The van der Waals surface area contributed by atoms with E-state index in [2.05, 4.69) is 36.4 Å². The highest BCUT2D eigenvalue weighted by Gasteiger charge is 2.33. The fourth-order valence-corrected chi connectivity index (χ4v) is 2.74. The monoisotopic (exact) mass is 199 g/mol. The molecule has 0 aromatic heterocycles. The molecule has 0 aliphatic heterocycles. The van der Waals surface area contributed by atoms with Gasteiger partial charge in [0.05, 0.1) is 6.07 Å². The van der Waals surface area contributed by atoms with Gasteiger partial charge < -0.3 is 0 Å². The van der Waals surface area contributed by atoms with Crippen molar-refractivity contribution in [1.82, 2.24) is 0 Å². The summed E-state index contributed by atoms with van der Waals surface area (Å²) in [5.74, 6) is 0. The van der Waals surface area contributed by atoms with Crippen LogP contribution >= 0.6 is 0 Å². The minimum absolute atomic E-state index is 0.288. The lowest BCUT2D eigenvalue weighted by molar-refractivity contribution is 0.302. The van der Waals surface area contributed by atoms with Crippen LogP contribution in [0, 0.1) is 16.7 Å². The second-order valence-corrected chi connectivity index (χ2v) is 4.70. The summed E-state index contributed by atoms with van der Waals surface area (Å²) in [6.07, 6.45) is 6.87.